The molecule has 0 spiro atoms. The standard InChI is InChI=1S/C27H50O12S/c1-2-3-4-5-6-7-8-9-10-11-12-13-14-15-16-17-18(28)19(29)20(30)22(32)25-23(33)21(31)24(34)26(39-25)27(35)40(36,37)38/h9-10,19-27,29-35H,2-8,11-17H2,1H3,(H,36,37,38)/b10-9-/t19?,20?,21-,22?,23-,24+,25-,26+,27?/m1/s1. The molecule has 1 saturated heterocycles. The number of ketones is 1. The average Bonchev–Trinajstić information content (AvgIpc) is 2.91. The molecule has 236 valence electrons. The average molecular weight is 599 g/mol. The van der Waals surface area contributed by atoms with E-state index in [4.69, 9.17) is 9.29 Å². The van der Waals surface area contributed by atoms with Crippen molar-refractivity contribution in [3.05, 3.63) is 12.2 Å². The minimum Gasteiger partial charge on any atom is -0.387 e. The Balaban J connectivity index is 2.36. The fraction of sp³-hybridized carbons (Fsp3) is 0.889. The molecule has 40 heavy (non-hydrogen) atoms. The van der Waals surface area contributed by atoms with Gasteiger partial charge in [0.15, 0.2) is 5.78 Å². The van der Waals surface area contributed by atoms with Gasteiger partial charge in [0.05, 0.1) is 0 Å². The number of aliphatic hydroxyl groups excluding tert-OH is 7. The number of hydrogen-bond acceptors (Lipinski definition) is 11. The van der Waals surface area contributed by atoms with Crippen LogP contribution in [0.15, 0.2) is 12.2 Å². The maximum absolute atomic E-state index is 12.3. The third kappa shape index (κ3) is 12.5. The van der Waals surface area contributed by atoms with Crippen LogP contribution >= 0.6 is 0 Å². The first-order valence-corrected chi connectivity index (χ1v) is 15.9. The lowest BCUT2D eigenvalue weighted by Crippen LogP contribution is -2.66. The molecule has 13 heteroatoms. The van der Waals surface area contributed by atoms with Gasteiger partial charge < -0.3 is 40.5 Å². The van der Waals surface area contributed by atoms with E-state index in [1.807, 2.05) is 0 Å². The molecule has 0 radical (unpaired) electrons. The Morgan fingerprint density at radius 1 is 0.750 bits per heavy atom. The van der Waals surface area contributed by atoms with Crippen LogP contribution in [0.3, 0.4) is 0 Å². The summed E-state index contributed by atoms with van der Waals surface area (Å²) in [6.07, 6.45) is 1.12. The number of Topliss-reactive ketones (excluding diaryl/α,β-unsaturated/α-hetero) is 1. The fourth-order valence-corrected chi connectivity index (χ4v) is 5.27. The van der Waals surface area contributed by atoms with Gasteiger partial charge in [-0.05, 0) is 32.1 Å². The molecule has 0 saturated carbocycles. The van der Waals surface area contributed by atoms with Crippen molar-refractivity contribution in [2.75, 3.05) is 0 Å². The molecule has 0 amide bonds. The van der Waals surface area contributed by atoms with Crippen LogP contribution in [0.2, 0.25) is 0 Å². The predicted octanol–water partition coefficient (Wildman–Crippen LogP) is 0.732. The normalized spacial score (nSPS) is 27.0. The Morgan fingerprint density at radius 2 is 1.23 bits per heavy atom. The Morgan fingerprint density at radius 3 is 1.75 bits per heavy atom. The van der Waals surface area contributed by atoms with Gasteiger partial charge in [0.1, 0.15) is 48.8 Å². The molecule has 0 bridgehead atoms. The van der Waals surface area contributed by atoms with Crippen LogP contribution in [-0.2, 0) is 19.6 Å². The molecule has 4 unspecified atom stereocenters. The first-order chi connectivity index (χ1) is 18.8. The van der Waals surface area contributed by atoms with Crippen molar-refractivity contribution in [2.45, 2.75) is 151 Å². The monoisotopic (exact) mass is 598 g/mol. The Bertz CT molecular complexity index is 835. The number of carbonyl (C=O) groups excluding carboxylic acids is 1. The van der Waals surface area contributed by atoms with E-state index in [0.29, 0.717) is 6.42 Å². The fourth-order valence-electron chi connectivity index (χ4n) is 4.71. The van der Waals surface area contributed by atoms with E-state index in [1.165, 1.54) is 38.5 Å². The number of aliphatic hydroxyl groups is 7. The van der Waals surface area contributed by atoms with Crippen molar-refractivity contribution in [3.63, 3.8) is 0 Å². The number of ether oxygens (including phenoxy) is 1. The maximum Gasteiger partial charge on any atom is 0.294 e. The lowest BCUT2D eigenvalue weighted by Gasteiger charge is -2.44. The van der Waals surface area contributed by atoms with Crippen LogP contribution in [0.5, 0.6) is 0 Å². The molecule has 1 fully saturated rings. The van der Waals surface area contributed by atoms with E-state index >= 15 is 0 Å². The van der Waals surface area contributed by atoms with Gasteiger partial charge in [-0.2, -0.15) is 8.42 Å². The highest BCUT2D eigenvalue weighted by molar-refractivity contribution is 7.86. The number of hydrogen-bond donors (Lipinski definition) is 8. The molecule has 9 atom stereocenters. The minimum absolute atomic E-state index is 0.0807. The Kier molecular flexibility index (Phi) is 17.8. The zero-order valence-corrected chi connectivity index (χ0v) is 24.2. The second kappa shape index (κ2) is 19.2. The summed E-state index contributed by atoms with van der Waals surface area (Å²) in [7, 11) is -5.18. The summed E-state index contributed by atoms with van der Waals surface area (Å²) in [6, 6.07) is 0. The molecule has 1 aliphatic rings. The highest BCUT2D eigenvalue weighted by Crippen LogP contribution is 2.28. The summed E-state index contributed by atoms with van der Waals surface area (Å²) < 4.78 is 36.5. The summed E-state index contributed by atoms with van der Waals surface area (Å²) in [4.78, 5) is 12.3. The molecule has 1 rings (SSSR count). The number of unbranched alkanes of at least 4 members (excludes halogenated alkanes) is 11. The molecule has 1 aliphatic heterocycles. The second-order valence-corrected chi connectivity index (χ2v) is 12.2. The number of carbonyl (C=O) groups is 1. The quantitative estimate of drug-likeness (QED) is 0.0520. The van der Waals surface area contributed by atoms with Crippen LogP contribution in [-0.4, -0.2) is 109 Å². The summed E-state index contributed by atoms with van der Waals surface area (Å²) in [5, 5.41) is 70.7. The molecule has 8 N–H and O–H groups in total. The topological polar surface area (TPSA) is 222 Å². The molecular weight excluding hydrogens is 548 g/mol. The van der Waals surface area contributed by atoms with E-state index in [-0.39, 0.29) is 6.42 Å². The van der Waals surface area contributed by atoms with Gasteiger partial charge in [-0.3, -0.25) is 9.35 Å². The van der Waals surface area contributed by atoms with Crippen molar-refractivity contribution in [1.29, 1.82) is 0 Å². The van der Waals surface area contributed by atoms with Crippen molar-refractivity contribution in [2.24, 2.45) is 0 Å². The number of allylic oxidation sites excluding steroid dienone is 2. The van der Waals surface area contributed by atoms with Crippen LogP contribution in [0.25, 0.3) is 0 Å². The largest absolute Gasteiger partial charge is 0.387 e. The zero-order chi connectivity index (χ0) is 30.3. The van der Waals surface area contributed by atoms with Gasteiger partial charge in [-0.1, -0.05) is 70.4 Å². The van der Waals surface area contributed by atoms with Gasteiger partial charge in [-0.15, -0.1) is 0 Å². The number of rotatable bonds is 21. The van der Waals surface area contributed by atoms with Crippen LogP contribution in [0.1, 0.15) is 96.8 Å². The van der Waals surface area contributed by atoms with Crippen molar-refractivity contribution >= 4 is 15.9 Å². The van der Waals surface area contributed by atoms with Crippen LogP contribution < -0.4 is 0 Å². The lowest BCUT2D eigenvalue weighted by atomic mass is 9.88. The first-order valence-electron chi connectivity index (χ1n) is 14.4. The van der Waals surface area contributed by atoms with Gasteiger partial charge in [-0.25, -0.2) is 0 Å². The van der Waals surface area contributed by atoms with Gasteiger partial charge >= 0.3 is 0 Å². The molecule has 12 nitrogen and oxygen atoms in total. The molecule has 0 aromatic rings. The summed E-state index contributed by atoms with van der Waals surface area (Å²) in [5.41, 5.74) is -2.75. The highest BCUT2D eigenvalue weighted by atomic mass is 32.2. The Labute approximate surface area is 237 Å². The van der Waals surface area contributed by atoms with Crippen LogP contribution in [0, 0.1) is 0 Å². The van der Waals surface area contributed by atoms with E-state index in [0.717, 1.165) is 38.5 Å². The van der Waals surface area contributed by atoms with Crippen LogP contribution in [0.4, 0.5) is 0 Å². The molecule has 0 aromatic heterocycles. The predicted molar refractivity (Wildman–Crippen MR) is 147 cm³/mol. The van der Waals surface area contributed by atoms with Crippen molar-refractivity contribution in [3.8, 4) is 0 Å². The summed E-state index contributed by atoms with van der Waals surface area (Å²) >= 11 is 0. The molecule has 0 aliphatic carbocycles. The summed E-state index contributed by atoms with van der Waals surface area (Å²) in [6.45, 7) is 2.21. The highest BCUT2D eigenvalue weighted by Gasteiger charge is 2.53. The summed E-state index contributed by atoms with van der Waals surface area (Å²) in [5.74, 6) is -0.774. The van der Waals surface area contributed by atoms with E-state index in [9.17, 15) is 49.0 Å². The molecule has 0 aromatic carbocycles. The third-order valence-corrected chi connectivity index (χ3v) is 8.18. The minimum atomic E-state index is -5.18. The second-order valence-electron chi connectivity index (χ2n) is 10.7. The van der Waals surface area contributed by atoms with E-state index < -0.39 is 70.2 Å². The maximum atomic E-state index is 12.3. The van der Waals surface area contributed by atoms with Gasteiger partial charge in [0, 0.05) is 6.42 Å². The SMILES string of the molecule is CCCCCCCC/C=C\CCCCCCCC(=O)C(O)C(O)C(O)[C@H]1O[C@H](C(O)S(=O)(=O)O)[C@@H](O)[C@H](O)[C@H]1O. The van der Waals surface area contributed by atoms with Gasteiger partial charge in [0.2, 0.25) is 5.44 Å². The van der Waals surface area contributed by atoms with E-state index in [1.54, 1.807) is 0 Å². The van der Waals surface area contributed by atoms with Crippen molar-refractivity contribution < 1.29 is 58.2 Å². The smallest absolute Gasteiger partial charge is 0.294 e. The van der Waals surface area contributed by atoms with Gasteiger partial charge in [0.25, 0.3) is 10.1 Å². The third-order valence-electron chi connectivity index (χ3n) is 7.30. The molecule has 1 heterocycles. The lowest BCUT2D eigenvalue weighted by molar-refractivity contribution is -0.265. The van der Waals surface area contributed by atoms with E-state index in [2.05, 4.69) is 19.1 Å². The first kappa shape index (κ1) is 37.0. The Hall–Kier alpha value is -1.00. The zero-order valence-electron chi connectivity index (χ0n) is 23.4. The van der Waals surface area contributed by atoms with Crippen molar-refractivity contribution in [1.82, 2.24) is 0 Å². The molecular formula is C27H50O12S.